The monoisotopic (exact) mass is 124 g/mol. The molecular formula is C9H16. The van der Waals surface area contributed by atoms with E-state index in [4.69, 9.17) is 0 Å². The molecule has 1 fully saturated rings. The van der Waals surface area contributed by atoms with Crippen molar-refractivity contribution in [2.24, 2.45) is 5.92 Å². The first kappa shape index (κ1) is 6.85. The van der Waals surface area contributed by atoms with E-state index in [0.29, 0.717) is 0 Å². The number of allylic oxidation sites excluding steroid dienone is 2. The van der Waals surface area contributed by atoms with Gasteiger partial charge in [0.2, 0.25) is 0 Å². The fourth-order valence-corrected chi connectivity index (χ4v) is 1.02. The molecule has 1 saturated carbocycles. The maximum Gasteiger partial charge on any atom is -0.0348 e. The van der Waals surface area contributed by atoms with Crippen LogP contribution in [-0.4, -0.2) is 0 Å². The van der Waals surface area contributed by atoms with Crippen LogP contribution < -0.4 is 0 Å². The molecular weight excluding hydrogens is 108 g/mol. The van der Waals surface area contributed by atoms with Crippen molar-refractivity contribution in [1.82, 2.24) is 0 Å². The number of hydrogen-bond donors (Lipinski definition) is 0. The third-order valence-corrected chi connectivity index (χ3v) is 1.84. The van der Waals surface area contributed by atoms with Crippen molar-refractivity contribution in [3.8, 4) is 0 Å². The maximum atomic E-state index is 2.32. The highest BCUT2D eigenvalue weighted by Gasteiger charge is 2.19. The van der Waals surface area contributed by atoms with Gasteiger partial charge in [0.25, 0.3) is 0 Å². The first-order valence-corrected chi connectivity index (χ1v) is 4.08. The zero-order valence-corrected chi connectivity index (χ0v) is 6.27. The van der Waals surface area contributed by atoms with Gasteiger partial charge in [-0.05, 0) is 25.2 Å². The van der Waals surface area contributed by atoms with Crippen molar-refractivity contribution in [3.63, 3.8) is 0 Å². The smallest absolute Gasteiger partial charge is 0.0348 e. The van der Waals surface area contributed by atoms with E-state index in [1.165, 1.54) is 32.1 Å². The van der Waals surface area contributed by atoms with E-state index in [2.05, 4.69) is 19.1 Å². The molecule has 0 heteroatoms. The predicted molar refractivity (Wildman–Crippen MR) is 41.4 cm³/mol. The molecule has 0 aliphatic heterocycles. The number of hydrogen-bond acceptors (Lipinski definition) is 0. The van der Waals surface area contributed by atoms with Gasteiger partial charge in [0.05, 0.1) is 0 Å². The minimum Gasteiger partial charge on any atom is -0.0888 e. The SMILES string of the molecule is CCC=CCCC1CC1. The Morgan fingerprint density at radius 3 is 2.67 bits per heavy atom. The molecule has 0 heterocycles. The minimum absolute atomic E-state index is 1.10. The van der Waals surface area contributed by atoms with Gasteiger partial charge in [0, 0.05) is 0 Å². The highest BCUT2D eigenvalue weighted by Crippen LogP contribution is 2.33. The first-order valence-electron chi connectivity index (χ1n) is 4.08. The topological polar surface area (TPSA) is 0 Å². The second-order valence-electron chi connectivity index (χ2n) is 2.90. The second kappa shape index (κ2) is 3.71. The normalized spacial score (nSPS) is 19.2. The van der Waals surface area contributed by atoms with Crippen LogP contribution in [0, 0.1) is 5.92 Å². The average Bonchev–Trinajstić information content (AvgIpc) is 2.63. The van der Waals surface area contributed by atoms with Gasteiger partial charge < -0.3 is 0 Å². The molecule has 0 saturated heterocycles. The van der Waals surface area contributed by atoms with E-state index in [0.717, 1.165) is 5.92 Å². The molecule has 0 aromatic carbocycles. The van der Waals surface area contributed by atoms with Crippen molar-refractivity contribution >= 4 is 0 Å². The Balaban J connectivity index is 1.85. The molecule has 0 N–H and O–H groups in total. The number of rotatable bonds is 4. The van der Waals surface area contributed by atoms with Gasteiger partial charge in [-0.25, -0.2) is 0 Å². The van der Waals surface area contributed by atoms with Crippen LogP contribution in [0.2, 0.25) is 0 Å². The molecule has 1 rings (SSSR count). The third-order valence-electron chi connectivity index (χ3n) is 1.84. The van der Waals surface area contributed by atoms with Gasteiger partial charge in [0.15, 0.2) is 0 Å². The summed E-state index contributed by atoms with van der Waals surface area (Å²) in [6.45, 7) is 2.19. The van der Waals surface area contributed by atoms with E-state index < -0.39 is 0 Å². The van der Waals surface area contributed by atoms with Crippen molar-refractivity contribution in [2.75, 3.05) is 0 Å². The Kier molecular flexibility index (Phi) is 2.82. The third kappa shape index (κ3) is 3.34. The highest BCUT2D eigenvalue weighted by molar-refractivity contribution is 4.83. The molecule has 0 radical (unpaired) electrons. The van der Waals surface area contributed by atoms with Crippen LogP contribution in [0.25, 0.3) is 0 Å². The van der Waals surface area contributed by atoms with E-state index in [9.17, 15) is 0 Å². The zero-order chi connectivity index (χ0) is 6.53. The molecule has 9 heavy (non-hydrogen) atoms. The first-order chi connectivity index (χ1) is 4.43. The van der Waals surface area contributed by atoms with Gasteiger partial charge >= 0.3 is 0 Å². The van der Waals surface area contributed by atoms with E-state index in [1.54, 1.807) is 0 Å². The Bertz CT molecular complexity index is 88.2. The molecule has 0 unspecified atom stereocenters. The summed E-state index contributed by atoms with van der Waals surface area (Å²) >= 11 is 0. The lowest BCUT2D eigenvalue weighted by atomic mass is 10.2. The van der Waals surface area contributed by atoms with Gasteiger partial charge in [-0.2, -0.15) is 0 Å². The molecule has 0 spiro atoms. The standard InChI is InChI=1S/C9H16/c1-2-3-4-5-6-9-7-8-9/h3-4,9H,2,5-8H2,1H3. The van der Waals surface area contributed by atoms with Crippen LogP contribution in [0.3, 0.4) is 0 Å². The fourth-order valence-electron chi connectivity index (χ4n) is 1.02. The van der Waals surface area contributed by atoms with Gasteiger partial charge in [-0.1, -0.05) is 31.9 Å². The lowest BCUT2D eigenvalue weighted by Crippen LogP contribution is -1.71. The van der Waals surface area contributed by atoms with Gasteiger partial charge in [-0.15, -0.1) is 0 Å². The van der Waals surface area contributed by atoms with E-state index in [1.807, 2.05) is 0 Å². The molecule has 0 atom stereocenters. The summed E-state index contributed by atoms with van der Waals surface area (Å²) in [4.78, 5) is 0. The van der Waals surface area contributed by atoms with Gasteiger partial charge in [0.1, 0.15) is 0 Å². The Hall–Kier alpha value is -0.260. The summed E-state index contributed by atoms with van der Waals surface area (Å²) in [5.74, 6) is 1.10. The van der Waals surface area contributed by atoms with Crippen LogP contribution in [0.1, 0.15) is 39.0 Å². The van der Waals surface area contributed by atoms with Crippen molar-refractivity contribution in [3.05, 3.63) is 12.2 Å². The van der Waals surface area contributed by atoms with Crippen molar-refractivity contribution in [1.29, 1.82) is 0 Å². The van der Waals surface area contributed by atoms with E-state index in [-0.39, 0.29) is 0 Å². The summed E-state index contributed by atoms with van der Waals surface area (Å²) in [5, 5.41) is 0. The minimum atomic E-state index is 1.10. The Labute approximate surface area is 58.0 Å². The molecule has 1 aliphatic carbocycles. The van der Waals surface area contributed by atoms with E-state index >= 15 is 0 Å². The zero-order valence-electron chi connectivity index (χ0n) is 6.27. The Morgan fingerprint density at radius 1 is 1.33 bits per heavy atom. The molecule has 0 bridgehead atoms. The van der Waals surface area contributed by atoms with Crippen molar-refractivity contribution < 1.29 is 0 Å². The highest BCUT2D eigenvalue weighted by atomic mass is 14.2. The summed E-state index contributed by atoms with van der Waals surface area (Å²) < 4.78 is 0. The molecule has 52 valence electrons. The summed E-state index contributed by atoms with van der Waals surface area (Å²) in [7, 11) is 0. The largest absolute Gasteiger partial charge is 0.0888 e. The second-order valence-corrected chi connectivity index (χ2v) is 2.90. The van der Waals surface area contributed by atoms with Crippen molar-refractivity contribution in [2.45, 2.75) is 39.0 Å². The molecule has 0 aromatic heterocycles. The fraction of sp³-hybridized carbons (Fsp3) is 0.778. The molecule has 0 nitrogen and oxygen atoms in total. The quantitative estimate of drug-likeness (QED) is 0.505. The average molecular weight is 124 g/mol. The molecule has 1 aliphatic rings. The van der Waals surface area contributed by atoms with Crippen LogP contribution >= 0.6 is 0 Å². The van der Waals surface area contributed by atoms with Crippen LogP contribution in [0.15, 0.2) is 12.2 Å². The molecule has 0 amide bonds. The summed E-state index contributed by atoms with van der Waals surface area (Å²) in [6, 6.07) is 0. The van der Waals surface area contributed by atoms with Crippen LogP contribution in [0.5, 0.6) is 0 Å². The lowest BCUT2D eigenvalue weighted by molar-refractivity contribution is 0.740. The maximum absolute atomic E-state index is 2.32. The lowest BCUT2D eigenvalue weighted by Gasteiger charge is -1.87. The van der Waals surface area contributed by atoms with Gasteiger partial charge in [-0.3, -0.25) is 0 Å². The predicted octanol–water partition coefficient (Wildman–Crippen LogP) is 3.14. The van der Waals surface area contributed by atoms with Crippen LogP contribution in [0.4, 0.5) is 0 Å². The summed E-state index contributed by atoms with van der Waals surface area (Å²) in [6.07, 6.45) is 11.5. The molecule has 0 aromatic rings. The van der Waals surface area contributed by atoms with Crippen LogP contribution in [-0.2, 0) is 0 Å². The summed E-state index contributed by atoms with van der Waals surface area (Å²) in [5.41, 5.74) is 0. The Morgan fingerprint density at radius 2 is 2.11 bits per heavy atom.